The summed E-state index contributed by atoms with van der Waals surface area (Å²) < 4.78 is 5.06. The molecule has 0 aliphatic rings. The first-order valence-corrected chi connectivity index (χ1v) is 7.25. The molecule has 5 heteroatoms. The highest BCUT2D eigenvalue weighted by atomic mass is 32.1. The van der Waals surface area contributed by atoms with Gasteiger partial charge in [0.05, 0.1) is 17.2 Å². The molecule has 0 fully saturated rings. The number of likely N-dealkylation sites (N-methyl/N-ethyl adjacent to an activating group) is 1. The Morgan fingerprint density at radius 1 is 1.35 bits per heavy atom. The Labute approximate surface area is 123 Å². The van der Waals surface area contributed by atoms with Crippen molar-refractivity contribution in [2.24, 2.45) is 0 Å². The summed E-state index contributed by atoms with van der Waals surface area (Å²) >= 11 is 1.41. The molecular formula is C15H18N2O2S. The number of hydrogen-bond acceptors (Lipinski definition) is 5. The number of aldehydes is 1. The fourth-order valence-corrected chi connectivity index (χ4v) is 2.75. The maximum absolute atomic E-state index is 11.0. The lowest BCUT2D eigenvalue weighted by molar-refractivity contribution is 0.112. The monoisotopic (exact) mass is 290 g/mol. The zero-order valence-corrected chi connectivity index (χ0v) is 12.5. The van der Waals surface area contributed by atoms with E-state index in [9.17, 15) is 4.79 Å². The quantitative estimate of drug-likeness (QED) is 0.735. The number of thiazole rings is 1. The van der Waals surface area contributed by atoms with Crippen LogP contribution in [0.15, 0.2) is 30.3 Å². The van der Waals surface area contributed by atoms with Crippen LogP contribution in [0.2, 0.25) is 0 Å². The lowest BCUT2D eigenvalue weighted by atomic mass is 10.1. The molecule has 1 heterocycles. The van der Waals surface area contributed by atoms with Gasteiger partial charge in [-0.2, -0.15) is 0 Å². The van der Waals surface area contributed by atoms with Gasteiger partial charge in [0, 0.05) is 20.7 Å². The maximum Gasteiger partial charge on any atom is 0.186 e. The summed E-state index contributed by atoms with van der Waals surface area (Å²) in [6, 6.07) is 10.3. The van der Waals surface area contributed by atoms with Crippen LogP contribution in [0.1, 0.15) is 20.9 Å². The highest BCUT2D eigenvalue weighted by molar-refractivity contribution is 7.17. The molecule has 0 amide bonds. The van der Waals surface area contributed by atoms with E-state index in [0.29, 0.717) is 17.2 Å². The Kier molecular flexibility index (Phi) is 5.26. The number of rotatable bonds is 7. The third-order valence-corrected chi connectivity index (χ3v) is 4.15. The third kappa shape index (κ3) is 3.65. The lowest BCUT2D eigenvalue weighted by Gasteiger charge is -2.15. The predicted octanol–water partition coefficient (Wildman–Crippen LogP) is 2.78. The largest absolute Gasteiger partial charge is 0.378 e. The topological polar surface area (TPSA) is 42.4 Å². The van der Waals surface area contributed by atoms with Gasteiger partial charge < -0.3 is 9.64 Å². The summed E-state index contributed by atoms with van der Waals surface area (Å²) in [4.78, 5) is 18.2. The molecule has 0 aliphatic heterocycles. The summed E-state index contributed by atoms with van der Waals surface area (Å²) in [5, 5.41) is 0.857. The van der Waals surface area contributed by atoms with Crippen molar-refractivity contribution in [3.63, 3.8) is 0 Å². The number of methoxy groups -OCH3 is 1. The van der Waals surface area contributed by atoms with E-state index in [1.165, 1.54) is 16.9 Å². The van der Waals surface area contributed by atoms with E-state index in [2.05, 4.69) is 22.0 Å². The highest BCUT2D eigenvalue weighted by Gasteiger charge is 2.13. The van der Waals surface area contributed by atoms with Crippen LogP contribution in [-0.2, 0) is 17.8 Å². The lowest BCUT2D eigenvalue weighted by Crippen LogP contribution is -2.20. The van der Waals surface area contributed by atoms with E-state index >= 15 is 0 Å². The Hall–Kier alpha value is -1.72. The summed E-state index contributed by atoms with van der Waals surface area (Å²) in [5.74, 6) is 0. The molecule has 0 saturated heterocycles. The number of aromatic nitrogens is 1. The van der Waals surface area contributed by atoms with Crippen molar-refractivity contribution in [1.82, 2.24) is 4.98 Å². The van der Waals surface area contributed by atoms with E-state index in [1.807, 2.05) is 25.2 Å². The van der Waals surface area contributed by atoms with Crippen molar-refractivity contribution in [2.45, 2.75) is 13.0 Å². The van der Waals surface area contributed by atoms with Crippen LogP contribution in [0, 0.1) is 0 Å². The van der Waals surface area contributed by atoms with Gasteiger partial charge in [-0.3, -0.25) is 4.79 Å². The molecule has 2 rings (SSSR count). The van der Waals surface area contributed by atoms with Crippen LogP contribution in [0.3, 0.4) is 0 Å². The second kappa shape index (κ2) is 7.17. The van der Waals surface area contributed by atoms with Crippen LogP contribution < -0.4 is 4.90 Å². The minimum absolute atomic E-state index is 0.372. The fourth-order valence-electron chi connectivity index (χ4n) is 1.88. The van der Waals surface area contributed by atoms with Gasteiger partial charge >= 0.3 is 0 Å². The number of hydrogen-bond donors (Lipinski definition) is 0. The van der Waals surface area contributed by atoms with Gasteiger partial charge in [0.1, 0.15) is 0 Å². The van der Waals surface area contributed by atoms with Gasteiger partial charge in [-0.15, -0.1) is 0 Å². The van der Waals surface area contributed by atoms with Crippen molar-refractivity contribution >= 4 is 22.8 Å². The first-order chi connectivity index (χ1) is 9.74. The smallest absolute Gasteiger partial charge is 0.186 e. The van der Waals surface area contributed by atoms with Crippen LogP contribution in [0.5, 0.6) is 0 Å². The standard InChI is InChI=1S/C15H18N2O2S/c1-17(9-8-12-6-4-3-5-7-12)15-16-13(11-19-2)14(10-18)20-15/h3-7,10H,8-9,11H2,1-2H3. The van der Waals surface area contributed by atoms with Crippen molar-refractivity contribution < 1.29 is 9.53 Å². The van der Waals surface area contributed by atoms with E-state index in [4.69, 9.17) is 4.74 Å². The number of carbonyl (C=O) groups is 1. The predicted molar refractivity (Wildman–Crippen MR) is 81.6 cm³/mol. The van der Waals surface area contributed by atoms with Crippen molar-refractivity contribution in [1.29, 1.82) is 0 Å². The number of carbonyl (C=O) groups excluding carboxylic acids is 1. The molecule has 1 aromatic carbocycles. The Morgan fingerprint density at radius 2 is 2.10 bits per heavy atom. The van der Waals surface area contributed by atoms with Gasteiger partial charge in [0.15, 0.2) is 11.4 Å². The Balaban J connectivity index is 2.01. The van der Waals surface area contributed by atoms with E-state index in [1.54, 1.807) is 7.11 Å². The van der Waals surface area contributed by atoms with Crippen LogP contribution >= 0.6 is 11.3 Å². The first kappa shape index (κ1) is 14.7. The molecular weight excluding hydrogens is 272 g/mol. The molecule has 0 radical (unpaired) electrons. The Morgan fingerprint density at radius 3 is 2.75 bits per heavy atom. The van der Waals surface area contributed by atoms with Gasteiger partial charge in [-0.1, -0.05) is 41.7 Å². The normalized spacial score (nSPS) is 10.5. The van der Waals surface area contributed by atoms with Crippen molar-refractivity contribution in [2.75, 3.05) is 25.6 Å². The zero-order valence-electron chi connectivity index (χ0n) is 11.7. The van der Waals surface area contributed by atoms with Crippen molar-refractivity contribution in [3.8, 4) is 0 Å². The fraction of sp³-hybridized carbons (Fsp3) is 0.333. The second-order valence-electron chi connectivity index (χ2n) is 4.52. The summed E-state index contributed by atoms with van der Waals surface area (Å²) in [6.45, 7) is 1.24. The number of anilines is 1. The number of ether oxygens (including phenoxy) is 1. The molecule has 0 unspecified atom stereocenters. The summed E-state index contributed by atoms with van der Waals surface area (Å²) in [6.07, 6.45) is 1.80. The van der Waals surface area contributed by atoms with Crippen molar-refractivity contribution in [3.05, 3.63) is 46.5 Å². The molecule has 0 bridgehead atoms. The summed E-state index contributed by atoms with van der Waals surface area (Å²) in [5.41, 5.74) is 2.01. The number of nitrogens with zero attached hydrogens (tertiary/aromatic N) is 2. The van der Waals surface area contributed by atoms with Gasteiger partial charge in [-0.25, -0.2) is 4.98 Å². The van der Waals surface area contributed by atoms with Crippen LogP contribution in [-0.4, -0.2) is 32.0 Å². The molecule has 0 atom stereocenters. The Bertz CT molecular complexity index is 554. The summed E-state index contributed by atoms with van der Waals surface area (Å²) in [7, 11) is 3.60. The average molecular weight is 290 g/mol. The van der Waals surface area contributed by atoms with E-state index in [-0.39, 0.29) is 0 Å². The third-order valence-electron chi connectivity index (χ3n) is 3.01. The minimum atomic E-state index is 0.372. The molecule has 0 N–H and O–H groups in total. The minimum Gasteiger partial charge on any atom is -0.378 e. The molecule has 0 saturated carbocycles. The van der Waals surface area contributed by atoms with E-state index < -0.39 is 0 Å². The number of benzene rings is 1. The zero-order chi connectivity index (χ0) is 14.4. The molecule has 20 heavy (non-hydrogen) atoms. The molecule has 2 aromatic rings. The van der Waals surface area contributed by atoms with Gasteiger partial charge in [0.25, 0.3) is 0 Å². The molecule has 0 spiro atoms. The molecule has 4 nitrogen and oxygen atoms in total. The maximum atomic E-state index is 11.0. The van der Waals surface area contributed by atoms with E-state index in [0.717, 1.165) is 24.4 Å². The first-order valence-electron chi connectivity index (χ1n) is 6.43. The second-order valence-corrected chi connectivity index (χ2v) is 5.52. The van der Waals surface area contributed by atoms with Crippen LogP contribution in [0.4, 0.5) is 5.13 Å². The molecule has 0 aliphatic carbocycles. The SMILES string of the molecule is COCc1nc(N(C)CCc2ccccc2)sc1C=O. The highest BCUT2D eigenvalue weighted by Crippen LogP contribution is 2.25. The van der Waals surface area contributed by atoms with Gasteiger partial charge in [-0.05, 0) is 12.0 Å². The van der Waals surface area contributed by atoms with Crippen LogP contribution in [0.25, 0.3) is 0 Å². The average Bonchev–Trinajstić information content (AvgIpc) is 2.89. The molecule has 1 aromatic heterocycles. The molecule has 106 valence electrons. The van der Waals surface area contributed by atoms with Gasteiger partial charge in [0.2, 0.25) is 0 Å².